The fraction of sp³-hybridized carbons (Fsp3) is 0.0377. The van der Waals surface area contributed by atoms with Gasteiger partial charge in [-0.05, 0) is 82.9 Å². The van der Waals surface area contributed by atoms with Gasteiger partial charge in [0.25, 0.3) is 0 Å². The van der Waals surface area contributed by atoms with Crippen molar-refractivity contribution in [1.82, 2.24) is 19.5 Å². The van der Waals surface area contributed by atoms with Gasteiger partial charge < -0.3 is 13.4 Å². The van der Waals surface area contributed by atoms with E-state index >= 15 is 0 Å². The molecule has 1 aliphatic carbocycles. The molecule has 0 bridgehead atoms. The zero-order valence-corrected chi connectivity index (χ0v) is 31.6. The van der Waals surface area contributed by atoms with Gasteiger partial charge in [-0.2, -0.15) is 0 Å². The Morgan fingerprint density at radius 1 is 0.492 bits per heavy atom. The first-order chi connectivity index (χ1) is 29.2. The van der Waals surface area contributed by atoms with Gasteiger partial charge in [0.2, 0.25) is 0 Å². The summed E-state index contributed by atoms with van der Waals surface area (Å²) < 4.78 is 15.7. The number of hydrogen-bond acceptors (Lipinski definition) is 5. The average Bonchev–Trinajstić information content (AvgIpc) is 3.96. The largest absolute Gasteiger partial charge is 0.456 e. The summed E-state index contributed by atoms with van der Waals surface area (Å²) in [6.45, 7) is 0. The molecule has 0 saturated heterocycles. The maximum absolute atomic E-state index is 6.93. The molecule has 0 saturated carbocycles. The third-order valence-electron chi connectivity index (χ3n) is 12.2. The summed E-state index contributed by atoms with van der Waals surface area (Å²) in [7, 11) is 0. The minimum Gasteiger partial charge on any atom is -0.456 e. The second kappa shape index (κ2) is 12.3. The molecule has 0 N–H and O–H groups in total. The Labute approximate surface area is 337 Å². The van der Waals surface area contributed by atoms with E-state index in [1.165, 1.54) is 21.9 Å². The molecule has 276 valence electrons. The first-order valence-electron chi connectivity index (χ1n) is 20.0. The molecule has 6 heteroatoms. The number of allylic oxidation sites excluding steroid dienone is 1. The van der Waals surface area contributed by atoms with Crippen molar-refractivity contribution in [2.75, 3.05) is 0 Å². The minimum atomic E-state index is -0.0652. The van der Waals surface area contributed by atoms with E-state index in [1.54, 1.807) is 0 Å². The maximum atomic E-state index is 6.93. The van der Waals surface area contributed by atoms with Crippen LogP contribution in [-0.2, 0) is 0 Å². The van der Waals surface area contributed by atoms with Crippen LogP contribution in [0.25, 0.3) is 111 Å². The van der Waals surface area contributed by atoms with E-state index in [4.69, 9.17) is 23.8 Å². The van der Waals surface area contributed by atoms with Crippen molar-refractivity contribution in [2.45, 2.75) is 12.3 Å². The van der Waals surface area contributed by atoms with Crippen molar-refractivity contribution in [3.63, 3.8) is 0 Å². The molecule has 4 aromatic heterocycles. The fourth-order valence-electron chi connectivity index (χ4n) is 9.42. The lowest BCUT2D eigenvalue weighted by Gasteiger charge is -2.22. The molecule has 0 radical (unpaired) electrons. The summed E-state index contributed by atoms with van der Waals surface area (Å²) in [4.78, 5) is 16.2. The van der Waals surface area contributed by atoms with E-state index < -0.39 is 0 Å². The number of rotatable bonds is 4. The Kier molecular flexibility index (Phi) is 6.75. The molecule has 0 spiro atoms. The van der Waals surface area contributed by atoms with E-state index in [0.29, 0.717) is 11.6 Å². The fourth-order valence-corrected chi connectivity index (χ4v) is 9.42. The number of furan rings is 2. The summed E-state index contributed by atoms with van der Waals surface area (Å²) in [5.74, 6) is 1.81. The van der Waals surface area contributed by atoms with Gasteiger partial charge in [-0.25, -0.2) is 15.0 Å². The molecule has 6 nitrogen and oxygen atoms in total. The molecule has 12 aromatic rings. The molecule has 59 heavy (non-hydrogen) atoms. The maximum Gasteiger partial charge on any atom is 0.165 e. The van der Waals surface area contributed by atoms with Gasteiger partial charge in [-0.15, -0.1) is 0 Å². The third kappa shape index (κ3) is 4.83. The van der Waals surface area contributed by atoms with Crippen LogP contribution in [0.4, 0.5) is 0 Å². The molecule has 0 amide bonds. The zero-order chi connectivity index (χ0) is 38.6. The summed E-state index contributed by atoms with van der Waals surface area (Å²) in [6.07, 6.45) is 5.20. The van der Waals surface area contributed by atoms with Crippen LogP contribution in [0.5, 0.6) is 0 Å². The molecular weight excluding hydrogens is 725 g/mol. The molecule has 0 fully saturated rings. The SMILES string of the molecule is C1=Cc2ccccc2C(c2nc(-c3ccc4c(c3)oc3ccccc34)nc(-c3ccc4c(oc5ccccc54)c3-n3c4ccccc4c4cc5ccccc5cc43)n2)C1. The first kappa shape index (κ1) is 32.3. The quantitative estimate of drug-likeness (QED) is 0.179. The number of aromatic nitrogens is 4. The van der Waals surface area contributed by atoms with Crippen molar-refractivity contribution >= 4 is 82.5 Å². The van der Waals surface area contributed by atoms with Gasteiger partial charge in [0.15, 0.2) is 17.2 Å². The summed E-state index contributed by atoms with van der Waals surface area (Å²) >= 11 is 0. The molecular formula is C53H32N4O2. The highest BCUT2D eigenvalue weighted by Gasteiger charge is 2.27. The van der Waals surface area contributed by atoms with Crippen molar-refractivity contribution in [3.05, 3.63) is 187 Å². The Balaban J connectivity index is 1.14. The van der Waals surface area contributed by atoms with Crippen LogP contribution in [0.1, 0.15) is 29.3 Å². The number of nitrogens with zero attached hydrogens (tertiary/aromatic N) is 4. The number of hydrogen-bond donors (Lipinski definition) is 0. The normalized spacial score (nSPS) is 14.1. The zero-order valence-electron chi connectivity index (χ0n) is 31.6. The molecule has 13 rings (SSSR count). The van der Waals surface area contributed by atoms with Crippen molar-refractivity contribution in [1.29, 1.82) is 0 Å². The number of benzene rings is 8. The lowest BCUT2D eigenvalue weighted by atomic mass is 9.86. The van der Waals surface area contributed by atoms with E-state index in [0.717, 1.165) is 94.7 Å². The highest BCUT2D eigenvalue weighted by molar-refractivity contribution is 6.17. The summed E-state index contributed by atoms with van der Waals surface area (Å²) in [5.41, 5.74) is 10.4. The summed E-state index contributed by atoms with van der Waals surface area (Å²) in [6, 6.07) is 57.4. The van der Waals surface area contributed by atoms with Gasteiger partial charge in [0.05, 0.1) is 11.0 Å². The molecule has 0 aliphatic heterocycles. The van der Waals surface area contributed by atoms with Gasteiger partial charge in [0, 0.05) is 49.4 Å². The van der Waals surface area contributed by atoms with E-state index in [2.05, 4.69) is 150 Å². The Morgan fingerprint density at radius 3 is 2.05 bits per heavy atom. The lowest BCUT2D eigenvalue weighted by Crippen LogP contribution is -2.12. The smallest absolute Gasteiger partial charge is 0.165 e. The molecule has 1 aliphatic rings. The standard InChI is InChI=1S/C53H32N4O2/c1-2-14-33-29-45-43(28-32(33)13-1)36-17-5-8-21-44(36)57(45)49-42(27-26-40-38-19-7-10-23-47(38)59-50(40)49)53-55-51(34-24-25-39-37-18-6-9-22-46(37)58-48(39)30-34)54-52(56-53)41-20-11-15-31-12-3-4-16-35(31)41/h1-19,21-30,41H,20H2. The predicted octanol–water partition coefficient (Wildman–Crippen LogP) is 13.8. The predicted molar refractivity (Wildman–Crippen MR) is 239 cm³/mol. The lowest BCUT2D eigenvalue weighted by molar-refractivity contribution is 0.666. The van der Waals surface area contributed by atoms with Crippen LogP contribution in [0.3, 0.4) is 0 Å². The second-order valence-electron chi connectivity index (χ2n) is 15.5. The van der Waals surface area contributed by atoms with Crippen LogP contribution in [0, 0.1) is 0 Å². The number of para-hydroxylation sites is 3. The molecule has 8 aromatic carbocycles. The highest BCUT2D eigenvalue weighted by Crippen LogP contribution is 2.44. The summed E-state index contributed by atoms with van der Waals surface area (Å²) in [5, 5.41) is 8.91. The Morgan fingerprint density at radius 2 is 1.17 bits per heavy atom. The third-order valence-corrected chi connectivity index (χ3v) is 12.2. The van der Waals surface area contributed by atoms with Crippen LogP contribution >= 0.6 is 0 Å². The van der Waals surface area contributed by atoms with Gasteiger partial charge >= 0.3 is 0 Å². The monoisotopic (exact) mass is 756 g/mol. The van der Waals surface area contributed by atoms with Gasteiger partial charge in [-0.1, -0.05) is 121 Å². The van der Waals surface area contributed by atoms with E-state index in [-0.39, 0.29) is 5.92 Å². The van der Waals surface area contributed by atoms with Crippen LogP contribution in [0.2, 0.25) is 0 Å². The van der Waals surface area contributed by atoms with Crippen molar-refractivity contribution < 1.29 is 8.83 Å². The molecule has 1 unspecified atom stereocenters. The highest BCUT2D eigenvalue weighted by atomic mass is 16.3. The van der Waals surface area contributed by atoms with Crippen molar-refractivity contribution in [3.8, 4) is 28.5 Å². The second-order valence-corrected chi connectivity index (χ2v) is 15.5. The first-order valence-corrected chi connectivity index (χ1v) is 20.0. The van der Waals surface area contributed by atoms with Gasteiger partial charge in [0.1, 0.15) is 28.3 Å². The average molecular weight is 757 g/mol. The Hall–Kier alpha value is -7.83. The van der Waals surface area contributed by atoms with Gasteiger partial charge in [-0.3, -0.25) is 0 Å². The van der Waals surface area contributed by atoms with Crippen LogP contribution in [0.15, 0.2) is 179 Å². The topological polar surface area (TPSA) is 69.9 Å². The molecule has 4 heterocycles. The minimum absolute atomic E-state index is 0.0652. The Bertz CT molecular complexity index is 3740. The van der Waals surface area contributed by atoms with E-state index in [9.17, 15) is 0 Å². The van der Waals surface area contributed by atoms with Crippen molar-refractivity contribution in [2.24, 2.45) is 0 Å². The van der Waals surface area contributed by atoms with Crippen LogP contribution < -0.4 is 0 Å². The van der Waals surface area contributed by atoms with Crippen LogP contribution in [-0.4, -0.2) is 19.5 Å². The molecule has 1 atom stereocenters. The van der Waals surface area contributed by atoms with E-state index in [1.807, 2.05) is 30.3 Å². The number of fused-ring (bicyclic) bond motifs is 11.